The zero-order valence-corrected chi connectivity index (χ0v) is 13.1. The summed E-state index contributed by atoms with van der Waals surface area (Å²) >= 11 is 6.25. The summed E-state index contributed by atoms with van der Waals surface area (Å²) in [5.74, 6) is 1.43. The van der Waals surface area contributed by atoms with Gasteiger partial charge in [0.1, 0.15) is 11.9 Å². The van der Waals surface area contributed by atoms with Crippen LogP contribution in [0.2, 0.25) is 0 Å². The number of alkyl halides is 1. The molecule has 19 heavy (non-hydrogen) atoms. The Labute approximate surface area is 122 Å². The van der Waals surface area contributed by atoms with E-state index in [0.717, 1.165) is 38.1 Å². The molecule has 1 fully saturated rings. The maximum Gasteiger partial charge on any atom is 0.115 e. The van der Waals surface area contributed by atoms with Crippen LogP contribution in [0, 0.1) is 5.92 Å². The predicted octanol–water partition coefficient (Wildman–Crippen LogP) is 3.96. The number of hydrogen-bond donors (Lipinski definition) is 0. The molecule has 0 bridgehead atoms. The zero-order valence-electron chi connectivity index (χ0n) is 12.3. The first-order chi connectivity index (χ1) is 9.10. The van der Waals surface area contributed by atoms with Gasteiger partial charge < -0.3 is 9.64 Å². The van der Waals surface area contributed by atoms with E-state index in [1.807, 2.05) is 6.08 Å². The Kier molecular flexibility index (Phi) is 5.35. The lowest BCUT2D eigenvalue weighted by Gasteiger charge is -2.35. The van der Waals surface area contributed by atoms with Crippen LogP contribution in [0.25, 0.3) is 0 Å². The van der Waals surface area contributed by atoms with Gasteiger partial charge in [-0.15, -0.1) is 11.6 Å². The van der Waals surface area contributed by atoms with Gasteiger partial charge in [0.25, 0.3) is 0 Å². The first-order valence-electron chi connectivity index (χ1n) is 7.55. The van der Waals surface area contributed by atoms with E-state index in [9.17, 15) is 0 Å². The Morgan fingerprint density at radius 2 is 2.05 bits per heavy atom. The quantitative estimate of drug-likeness (QED) is 0.724. The lowest BCUT2D eigenvalue weighted by Crippen LogP contribution is -2.40. The van der Waals surface area contributed by atoms with Gasteiger partial charge in [0.05, 0.1) is 5.38 Å². The molecule has 0 spiro atoms. The molecule has 0 aromatic carbocycles. The molecule has 3 heteroatoms. The van der Waals surface area contributed by atoms with E-state index in [0.29, 0.717) is 18.1 Å². The van der Waals surface area contributed by atoms with E-state index < -0.39 is 0 Å². The maximum absolute atomic E-state index is 6.25. The van der Waals surface area contributed by atoms with Gasteiger partial charge in [-0.3, -0.25) is 0 Å². The summed E-state index contributed by atoms with van der Waals surface area (Å²) in [6.07, 6.45) is 10.0. The van der Waals surface area contributed by atoms with Crippen molar-refractivity contribution in [2.24, 2.45) is 5.92 Å². The maximum atomic E-state index is 6.25. The minimum atomic E-state index is 0.125. The van der Waals surface area contributed by atoms with Gasteiger partial charge in [0.15, 0.2) is 0 Å². The molecular formula is C16H26ClNO. The fourth-order valence-corrected chi connectivity index (χ4v) is 3.14. The van der Waals surface area contributed by atoms with Gasteiger partial charge in [-0.05, 0) is 45.3 Å². The molecule has 2 atom stereocenters. The third kappa shape index (κ3) is 4.00. The first kappa shape index (κ1) is 14.9. The molecule has 1 aliphatic heterocycles. The summed E-state index contributed by atoms with van der Waals surface area (Å²) in [6.45, 7) is 9.00. The number of halogens is 1. The van der Waals surface area contributed by atoms with E-state index in [2.05, 4.69) is 37.8 Å². The number of ether oxygens (including phenoxy) is 1. The van der Waals surface area contributed by atoms with Crippen molar-refractivity contribution in [2.75, 3.05) is 13.1 Å². The molecule has 0 N–H and O–H groups in total. The van der Waals surface area contributed by atoms with Crippen molar-refractivity contribution in [1.82, 2.24) is 4.90 Å². The van der Waals surface area contributed by atoms with E-state index in [4.69, 9.17) is 16.3 Å². The highest BCUT2D eigenvalue weighted by Gasteiger charge is 2.24. The molecular weight excluding hydrogens is 258 g/mol. The number of nitrogens with zero attached hydrogens (tertiary/aromatic N) is 1. The topological polar surface area (TPSA) is 12.5 Å². The van der Waals surface area contributed by atoms with Gasteiger partial charge in [-0.1, -0.05) is 13.0 Å². The smallest absolute Gasteiger partial charge is 0.115 e. The molecule has 2 nitrogen and oxygen atoms in total. The van der Waals surface area contributed by atoms with Gasteiger partial charge in [0, 0.05) is 25.0 Å². The average Bonchev–Trinajstić information content (AvgIpc) is 2.41. The summed E-state index contributed by atoms with van der Waals surface area (Å²) in [6, 6.07) is 0.649. The predicted molar refractivity (Wildman–Crippen MR) is 81.5 cm³/mol. The van der Waals surface area contributed by atoms with Crippen LogP contribution in [0.5, 0.6) is 0 Å². The van der Waals surface area contributed by atoms with Crippen molar-refractivity contribution >= 4 is 11.6 Å². The highest BCUT2D eigenvalue weighted by atomic mass is 35.5. The minimum absolute atomic E-state index is 0.125. The molecule has 1 heterocycles. The van der Waals surface area contributed by atoms with Gasteiger partial charge in [-0.25, -0.2) is 0 Å². The minimum Gasteiger partial charge on any atom is -0.491 e. The molecule has 0 radical (unpaired) electrons. The molecule has 108 valence electrons. The SMILES string of the molecule is CCC1C=C(OC2CCN(C(C)C)CC2)C=CC1Cl. The summed E-state index contributed by atoms with van der Waals surface area (Å²) in [7, 11) is 0. The molecule has 1 aliphatic carbocycles. The summed E-state index contributed by atoms with van der Waals surface area (Å²) < 4.78 is 6.13. The lowest BCUT2D eigenvalue weighted by atomic mass is 9.96. The zero-order chi connectivity index (χ0) is 13.8. The Balaban J connectivity index is 1.84. The Morgan fingerprint density at radius 1 is 1.37 bits per heavy atom. The van der Waals surface area contributed by atoms with Gasteiger partial charge >= 0.3 is 0 Å². The van der Waals surface area contributed by atoms with Crippen molar-refractivity contribution in [3.05, 3.63) is 24.0 Å². The standard InChI is InChI=1S/C16H26ClNO/c1-4-13-11-15(5-6-16(13)17)19-14-7-9-18(10-8-14)12(2)3/h5-6,11-14,16H,4,7-10H2,1-3H3. The van der Waals surface area contributed by atoms with Crippen molar-refractivity contribution in [1.29, 1.82) is 0 Å². The number of likely N-dealkylation sites (tertiary alicyclic amines) is 1. The molecule has 2 rings (SSSR count). The Morgan fingerprint density at radius 3 is 2.63 bits per heavy atom. The van der Waals surface area contributed by atoms with Crippen molar-refractivity contribution < 1.29 is 4.74 Å². The molecule has 0 amide bonds. The largest absolute Gasteiger partial charge is 0.491 e. The van der Waals surface area contributed by atoms with E-state index in [1.54, 1.807) is 0 Å². The fourth-order valence-electron chi connectivity index (χ4n) is 2.81. The number of piperidine rings is 1. The van der Waals surface area contributed by atoms with Gasteiger partial charge in [-0.2, -0.15) is 0 Å². The first-order valence-corrected chi connectivity index (χ1v) is 7.98. The average molecular weight is 284 g/mol. The number of rotatable bonds is 4. The van der Waals surface area contributed by atoms with Crippen LogP contribution >= 0.6 is 11.6 Å². The van der Waals surface area contributed by atoms with Crippen LogP contribution in [-0.4, -0.2) is 35.5 Å². The highest BCUT2D eigenvalue weighted by molar-refractivity contribution is 6.22. The van der Waals surface area contributed by atoms with Crippen LogP contribution in [0.15, 0.2) is 24.0 Å². The monoisotopic (exact) mass is 283 g/mol. The third-order valence-corrected chi connectivity index (χ3v) is 4.68. The second-order valence-corrected chi connectivity index (χ2v) is 6.40. The third-order valence-electron chi connectivity index (χ3n) is 4.21. The Bertz CT molecular complexity index is 343. The van der Waals surface area contributed by atoms with Crippen LogP contribution in [0.1, 0.15) is 40.0 Å². The molecule has 0 aromatic rings. The molecule has 2 aliphatic rings. The van der Waals surface area contributed by atoms with Crippen molar-refractivity contribution in [3.8, 4) is 0 Å². The number of hydrogen-bond acceptors (Lipinski definition) is 2. The van der Waals surface area contributed by atoms with E-state index in [-0.39, 0.29) is 5.38 Å². The van der Waals surface area contributed by atoms with E-state index >= 15 is 0 Å². The number of allylic oxidation sites excluding steroid dienone is 3. The van der Waals surface area contributed by atoms with Crippen molar-refractivity contribution in [3.63, 3.8) is 0 Å². The second-order valence-electron chi connectivity index (χ2n) is 5.89. The highest BCUT2D eigenvalue weighted by Crippen LogP contribution is 2.27. The van der Waals surface area contributed by atoms with Crippen LogP contribution < -0.4 is 0 Å². The van der Waals surface area contributed by atoms with Crippen LogP contribution in [0.3, 0.4) is 0 Å². The Hall–Kier alpha value is -0.470. The summed E-state index contributed by atoms with van der Waals surface area (Å²) in [5.41, 5.74) is 0. The normalized spacial score (nSPS) is 29.6. The molecule has 1 saturated heterocycles. The lowest BCUT2D eigenvalue weighted by molar-refractivity contribution is 0.0441. The molecule has 2 unspecified atom stereocenters. The van der Waals surface area contributed by atoms with Crippen LogP contribution in [-0.2, 0) is 4.74 Å². The summed E-state index contributed by atoms with van der Waals surface area (Å²) in [4.78, 5) is 2.52. The van der Waals surface area contributed by atoms with Crippen LogP contribution in [0.4, 0.5) is 0 Å². The molecule has 0 aromatic heterocycles. The second kappa shape index (κ2) is 6.81. The van der Waals surface area contributed by atoms with Gasteiger partial charge in [0.2, 0.25) is 0 Å². The fraction of sp³-hybridized carbons (Fsp3) is 0.750. The van der Waals surface area contributed by atoms with Crippen molar-refractivity contribution in [2.45, 2.75) is 57.6 Å². The molecule has 0 saturated carbocycles. The van der Waals surface area contributed by atoms with E-state index in [1.165, 1.54) is 0 Å². The summed E-state index contributed by atoms with van der Waals surface area (Å²) in [5, 5.41) is 0.125.